The molecule has 2 N–H and O–H groups in total. The summed E-state index contributed by atoms with van der Waals surface area (Å²) in [6, 6.07) is 0. The summed E-state index contributed by atoms with van der Waals surface area (Å²) in [5, 5.41) is 0. The molecule has 0 atom stereocenters. The molecule has 2 amide bonds. The molecule has 6 fully saturated rings. The van der Waals surface area contributed by atoms with Crippen LogP contribution >= 0.6 is 0 Å². The Balaban J connectivity index is 1.47. The van der Waals surface area contributed by atoms with Gasteiger partial charge in [-0.05, 0) is 56.3 Å². The van der Waals surface area contributed by atoms with E-state index >= 15 is 0 Å². The average Bonchev–Trinajstić information content (AvgIpc) is 2.35. The third-order valence-corrected chi connectivity index (χ3v) is 7.74. The number of amides is 2. The van der Waals surface area contributed by atoms with Crippen molar-refractivity contribution in [1.82, 2.24) is 4.90 Å². The topological polar surface area (TPSA) is 63.4 Å². The number of nitrogens with zero attached hydrogens (tertiary/aromatic N) is 1. The first kappa shape index (κ1) is 10.7. The molecule has 0 unspecified atom stereocenters. The van der Waals surface area contributed by atoms with Gasteiger partial charge in [-0.25, -0.2) is 0 Å². The lowest BCUT2D eigenvalue weighted by atomic mass is 8.92. The number of rotatable bonds is 2. The van der Waals surface area contributed by atoms with E-state index in [-0.39, 0.29) is 22.3 Å². The van der Waals surface area contributed by atoms with Crippen LogP contribution in [0.2, 0.25) is 0 Å². The van der Waals surface area contributed by atoms with Crippen molar-refractivity contribution >= 4 is 11.8 Å². The molecule has 0 saturated heterocycles. The molecule has 0 aromatic heterocycles. The Bertz CT molecular complexity index is 520. The maximum atomic E-state index is 12.9. The molecular weight excluding hydrogens is 240 g/mol. The standard InChI is InChI=1S/C15H20N2O2/c1-13(2,3)17(4)12(19)15-8-5-9(15)7-10(15)6(8)14(5,7)11(16)18/h5-10H,1-4H3,(H2,16,18). The Morgan fingerprint density at radius 1 is 0.947 bits per heavy atom. The van der Waals surface area contributed by atoms with Gasteiger partial charge in [-0.3, -0.25) is 9.59 Å². The van der Waals surface area contributed by atoms with Crippen molar-refractivity contribution in [3.05, 3.63) is 0 Å². The first-order valence-electron chi connectivity index (χ1n) is 7.32. The fourth-order valence-electron chi connectivity index (χ4n) is 7.04. The van der Waals surface area contributed by atoms with Crippen molar-refractivity contribution in [1.29, 1.82) is 0 Å². The average molecular weight is 260 g/mol. The highest BCUT2D eigenvalue weighted by atomic mass is 16.2. The molecule has 19 heavy (non-hydrogen) atoms. The second-order valence-electron chi connectivity index (χ2n) is 8.42. The summed E-state index contributed by atoms with van der Waals surface area (Å²) in [4.78, 5) is 26.5. The normalized spacial score (nSPS) is 60.6. The Kier molecular flexibility index (Phi) is 1.25. The highest BCUT2D eigenvalue weighted by Gasteiger charge is 3.12. The fraction of sp³-hybridized carbons (Fsp3) is 0.867. The second kappa shape index (κ2) is 2.23. The van der Waals surface area contributed by atoms with Gasteiger partial charge in [0.05, 0.1) is 10.8 Å². The summed E-state index contributed by atoms with van der Waals surface area (Å²) in [6.07, 6.45) is 0. The summed E-state index contributed by atoms with van der Waals surface area (Å²) in [5.41, 5.74) is 5.29. The van der Waals surface area contributed by atoms with Crippen molar-refractivity contribution in [3.8, 4) is 0 Å². The summed E-state index contributed by atoms with van der Waals surface area (Å²) >= 11 is 0. The second-order valence-corrected chi connectivity index (χ2v) is 8.42. The molecule has 6 saturated carbocycles. The van der Waals surface area contributed by atoms with Crippen LogP contribution in [0, 0.1) is 46.3 Å². The third-order valence-electron chi connectivity index (χ3n) is 7.74. The summed E-state index contributed by atoms with van der Waals surface area (Å²) in [5.74, 6) is 3.17. The zero-order valence-corrected chi connectivity index (χ0v) is 11.8. The van der Waals surface area contributed by atoms with Crippen molar-refractivity contribution in [2.24, 2.45) is 52.1 Å². The van der Waals surface area contributed by atoms with Crippen molar-refractivity contribution < 1.29 is 9.59 Å². The van der Waals surface area contributed by atoms with E-state index in [0.29, 0.717) is 41.4 Å². The molecule has 0 spiro atoms. The minimum Gasteiger partial charge on any atom is -0.369 e. The van der Waals surface area contributed by atoms with E-state index in [9.17, 15) is 9.59 Å². The molecule has 0 aromatic carbocycles. The van der Waals surface area contributed by atoms with Crippen LogP contribution in [-0.4, -0.2) is 29.3 Å². The van der Waals surface area contributed by atoms with Crippen LogP contribution in [0.4, 0.5) is 0 Å². The van der Waals surface area contributed by atoms with E-state index in [1.54, 1.807) is 0 Å². The largest absolute Gasteiger partial charge is 0.369 e. The van der Waals surface area contributed by atoms with Gasteiger partial charge in [-0.2, -0.15) is 0 Å². The molecule has 6 rings (SSSR count). The fourth-order valence-corrected chi connectivity index (χ4v) is 7.04. The zero-order valence-electron chi connectivity index (χ0n) is 11.8. The Labute approximate surface area is 112 Å². The molecule has 6 aliphatic rings. The van der Waals surface area contributed by atoms with Gasteiger partial charge in [-0.1, -0.05) is 0 Å². The maximum absolute atomic E-state index is 12.9. The number of nitrogens with two attached hydrogens (primary N) is 1. The molecule has 0 radical (unpaired) electrons. The lowest BCUT2D eigenvalue weighted by Crippen LogP contribution is -3.12. The third kappa shape index (κ3) is 0.577. The molecule has 102 valence electrons. The number of carbonyl (C=O) groups excluding carboxylic acids is 2. The lowest BCUT2D eigenvalue weighted by Gasteiger charge is -3.09. The smallest absolute Gasteiger partial charge is 0.229 e. The zero-order chi connectivity index (χ0) is 13.7. The molecule has 0 aliphatic heterocycles. The molecule has 0 heterocycles. The number of carbonyl (C=O) groups is 2. The molecular formula is C15H20N2O2. The first-order chi connectivity index (χ1) is 8.74. The van der Waals surface area contributed by atoms with E-state index in [1.807, 2.05) is 11.9 Å². The Morgan fingerprint density at radius 2 is 1.32 bits per heavy atom. The molecule has 4 nitrogen and oxygen atoms in total. The molecule has 0 aromatic rings. The minimum atomic E-state index is -0.137. The molecule has 0 bridgehead atoms. The van der Waals surface area contributed by atoms with Crippen molar-refractivity contribution in [2.75, 3.05) is 7.05 Å². The molecule has 6 aliphatic carbocycles. The van der Waals surface area contributed by atoms with Crippen LogP contribution in [0.5, 0.6) is 0 Å². The van der Waals surface area contributed by atoms with Crippen LogP contribution in [0.25, 0.3) is 0 Å². The summed E-state index contributed by atoms with van der Waals surface area (Å²) in [6.45, 7) is 6.24. The van der Waals surface area contributed by atoms with Gasteiger partial charge in [0.15, 0.2) is 0 Å². The number of hydrogen-bond acceptors (Lipinski definition) is 2. The minimum absolute atomic E-state index is 0.0563. The van der Waals surface area contributed by atoms with Gasteiger partial charge in [0.2, 0.25) is 11.8 Å². The highest BCUT2D eigenvalue weighted by molar-refractivity contribution is 6.00. The predicted molar refractivity (Wildman–Crippen MR) is 67.5 cm³/mol. The van der Waals surface area contributed by atoms with E-state index in [0.717, 1.165) is 0 Å². The van der Waals surface area contributed by atoms with Gasteiger partial charge in [-0.15, -0.1) is 0 Å². The van der Waals surface area contributed by atoms with Crippen LogP contribution in [-0.2, 0) is 9.59 Å². The molecule has 4 heteroatoms. The number of hydrogen-bond donors (Lipinski definition) is 1. The van der Waals surface area contributed by atoms with E-state index in [4.69, 9.17) is 5.73 Å². The van der Waals surface area contributed by atoms with Crippen LogP contribution in [0.3, 0.4) is 0 Å². The SMILES string of the molecule is CN(C(=O)C12C3C4C1C1C2C3C41C(N)=O)C(C)(C)C. The van der Waals surface area contributed by atoms with Crippen molar-refractivity contribution in [3.63, 3.8) is 0 Å². The van der Waals surface area contributed by atoms with Crippen molar-refractivity contribution in [2.45, 2.75) is 26.3 Å². The quantitative estimate of drug-likeness (QED) is 0.784. The first-order valence-corrected chi connectivity index (χ1v) is 7.32. The van der Waals surface area contributed by atoms with Crippen LogP contribution < -0.4 is 5.73 Å². The lowest BCUT2D eigenvalue weighted by molar-refractivity contribution is -0.625. The Morgan fingerprint density at radius 3 is 1.63 bits per heavy atom. The number of primary amides is 1. The Hall–Kier alpha value is -1.06. The van der Waals surface area contributed by atoms with Gasteiger partial charge >= 0.3 is 0 Å². The summed E-state index contributed by atoms with van der Waals surface area (Å²) < 4.78 is 0. The van der Waals surface area contributed by atoms with Gasteiger partial charge in [0.1, 0.15) is 0 Å². The van der Waals surface area contributed by atoms with Gasteiger partial charge < -0.3 is 10.6 Å². The monoisotopic (exact) mass is 260 g/mol. The van der Waals surface area contributed by atoms with E-state index < -0.39 is 0 Å². The van der Waals surface area contributed by atoms with Crippen LogP contribution in [0.1, 0.15) is 20.8 Å². The van der Waals surface area contributed by atoms with Crippen LogP contribution in [0.15, 0.2) is 0 Å². The van der Waals surface area contributed by atoms with E-state index in [2.05, 4.69) is 20.8 Å². The predicted octanol–water partition coefficient (Wildman–Crippen LogP) is 0.467. The van der Waals surface area contributed by atoms with E-state index in [1.165, 1.54) is 0 Å². The maximum Gasteiger partial charge on any atom is 0.229 e. The van der Waals surface area contributed by atoms with Gasteiger partial charge in [0, 0.05) is 12.6 Å². The highest BCUT2D eigenvalue weighted by Crippen LogP contribution is 3.10. The summed E-state index contributed by atoms with van der Waals surface area (Å²) in [7, 11) is 1.92. The van der Waals surface area contributed by atoms with Gasteiger partial charge in [0.25, 0.3) is 0 Å².